The maximum absolute atomic E-state index is 4.64. The molecule has 2 N–H and O–H groups in total. The third-order valence-corrected chi connectivity index (χ3v) is 8.00. The molecular weight excluding hydrogens is 463 g/mol. The molecule has 1 unspecified atom stereocenters. The van der Waals surface area contributed by atoms with Crippen molar-refractivity contribution in [1.29, 1.82) is 0 Å². The zero-order valence-corrected chi connectivity index (χ0v) is 21.7. The highest BCUT2D eigenvalue weighted by Crippen LogP contribution is 2.34. The van der Waals surface area contributed by atoms with Gasteiger partial charge in [-0.25, -0.2) is 9.97 Å². The number of hydrogen-bond acceptors (Lipinski definition) is 4. The normalized spacial score (nSPS) is 20.5. The molecule has 6 rings (SSSR count). The Kier molecular flexibility index (Phi) is 6.46. The van der Waals surface area contributed by atoms with Crippen molar-refractivity contribution in [3.05, 3.63) is 83.7 Å². The van der Waals surface area contributed by atoms with E-state index < -0.39 is 0 Å². The van der Waals surface area contributed by atoms with E-state index in [0.29, 0.717) is 12.1 Å². The van der Waals surface area contributed by atoms with Crippen LogP contribution in [0.5, 0.6) is 0 Å². The lowest BCUT2D eigenvalue weighted by molar-refractivity contribution is 0.307. The molecule has 2 aliphatic heterocycles. The number of benzene rings is 2. The minimum absolute atomic E-state index is 0.365. The van der Waals surface area contributed by atoms with Gasteiger partial charge in [0.25, 0.3) is 0 Å². The van der Waals surface area contributed by atoms with Gasteiger partial charge in [0, 0.05) is 17.7 Å². The molecule has 4 aromatic rings. The molecule has 7 heteroatoms. The summed E-state index contributed by atoms with van der Waals surface area (Å²) in [6.07, 6.45) is 8.63. The topological polar surface area (TPSA) is 63.8 Å². The summed E-state index contributed by atoms with van der Waals surface area (Å²) >= 11 is 0. The zero-order valence-electron chi connectivity index (χ0n) is 20.5. The Hall–Kier alpha value is -3.23. The molecule has 6 nitrogen and oxygen atoms in total. The second kappa shape index (κ2) is 10.0. The van der Waals surface area contributed by atoms with Gasteiger partial charge in [0.15, 0.2) is 0 Å². The molecule has 3 atom stereocenters. The molecule has 2 aliphatic rings. The first kappa shape index (κ1) is 23.2. The van der Waals surface area contributed by atoms with Crippen molar-refractivity contribution in [2.24, 2.45) is 0 Å². The largest absolute Gasteiger partial charge is 0.341 e. The summed E-state index contributed by atoms with van der Waals surface area (Å²) in [5, 5.41) is 0. The van der Waals surface area contributed by atoms with Crippen molar-refractivity contribution in [3.8, 4) is 34.4 Å². The van der Waals surface area contributed by atoms with E-state index in [0.717, 1.165) is 64.8 Å². The second-order valence-electron chi connectivity index (χ2n) is 9.80. The van der Waals surface area contributed by atoms with E-state index in [4.69, 9.17) is 0 Å². The monoisotopic (exact) mass is 494 g/mol. The molecular formula is C29H31N6P. The van der Waals surface area contributed by atoms with Gasteiger partial charge in [0.1, 0.15) is 11.6 Å². The molecule has 0 saturated carbocycles. The molecule has 2 fully saturated rings. The van der Waals surface area contributed by atoms with Crippen LogP contribution >= 0.6 is 9.39 Å². The van der Waals surface area contributed by atoms with Crippen LogP contribution in [0.3, 0.4) is 0 Å². The minimum Gasteiger partial charge on any atom is -0.341 e. The van der Waals surface area contributed by atoms with E-state index in [9.17, 15) is 0 Å². The van der Waals surface area contributed by atoms with Gasteiger partial charge in [0.2, 0.25) is 0 Å². The number of hydrogen-bond donors (Lipinski definition) is 2. The maximum atomic E-state index is 4.64. The quantitative estimate of drug-likeness (QED) is 0.288. The van der Waals surface area contributed by atoms with Crippen LogP contribution in [0.25, 0.3) is 22.5 Å². The van der Waals surface area contributed by atoms with Gasteiger partial charge >= 0.3 is 0 Å². The molecule has 0 bridgehead atoms. The number of imidazole rings is 2. The molecule has 2 aromatic heterocycles. The lowest BCUT2D eigenvalue weighted by atomic mass is 10.1. The van der Waals surface area contributed by atoms with Gasteiger partial charge in [-0.05, 0) is 74.7 Å². The van der Waals surface area contributed by atoms with E-state index in [1.54, 1.807) is 0 Å². The average Bonchev–Trinajstić information content (AvgIpc) is 3.71. The molecule has 182 valence electrons. The summed E-state index contributed by atoms with van der Waals surface area (Å²) in [6.45, 7) is 2.24. The van der Waals surface area contributed by atoms with E-state index >= 15 is 0 Å². The Balaban J connectivity index is 1.12. The molecule has 2 saturated heterocycles. The molecule has 0 amide bonds. The van der Waals surface area contributed by atoms with Crippen LogP contribution in [0.15, 0.2) is 60.9 Å². The van der Waals surface area contributed by atoms with Gasteiger partial charge in [-0.15, -0.1) is 0 Å². The molecule has 4 heterocycles. The summed E-state index contributed by atoms with van der Waals surface area (Å²) in [6, 6.07) is 17.5. The fourth-order valence-electron chi connectivity index (χ4n) is 5.25. The summed E-state index contributed by atoms with van der Waals surface area (Å²) in [4.78, 5) is 18.7. The molecule has 0 spiro atoms. The van der Waals surface area contributed by atoms with Crippen LogP contribution in [0, 0.1) is 11.8 Å². The number of rotatable bonds is 4. The first-order valence-electron chi connectivity index (χ1n) is 12.7. The number of H-pyrrole nitrogens is 2. The van der Waals surface area contributed by atoms with E-state index in [1.807, 2.05) is 12.4 Å². The third-order valence-electron chi connectivity index (χ3n) is 7.38. The molecule has 0 radical (unpaired) electrons. The van der Waals surface area contributed by atoms with E-state index in [1.165, 1.54) is 19.3 Å². The van der Waals surface area contributed by atoms with Crippen molar-refractivity contribution >= 4 is 9.39 Å². The molecule has 2 aromatic carbocycles. The number of aromatic nitrogens is 4. The number of likely N-dealkylation sites (tertiary alicyclic amines) is 1. The number of nitrogens with zero attached hydrogens (tertiary/aromatic N) is 4. The van der Waals surface area contributed by atoms with Crippen molar-refractivity contribution < 1.29 is 0 Å². The Morgan fingerprint density at radius 1 is 0.750 bits per heavy atom. The average molecular weight is 495 g/mol. The lowest BCUT2D eigenvalue weighted by Gasteiger charge is -2.16. The number of aromatic amines is 2. The van der Waals surface area contributed by atoms with Crippen molar-refractivity contribution in [3.63, 3.8) is 0 Å². The smallest absolute Gasteiger partial charge is 0.124 e. The molecule has 36 heavy (non-hydrogen) atoms. The van der Waals surface area contributed by atoms with Crippen molar-refractivity contribution in [2.75, 3.05) is 20.1 Å². The van der Waals surface area contributed by atoms with Gasteiger partial charge < -0.3 is 9.97 Å². The van der Waals surface area contributed by atoms with Gasteiger partial charge in [-0.1, -0.05) is 45.5 Å². The summed E-state index contributed by atoms with van der Waals surface area (Å²) < 4.78 is 2.29. The maximum Gasteiger partial charge on any atom is 0.124 e. The summed E-state index contributed by atoms with van der Waals surface area (Å²) in [5.74, 6) is 8.69. The highest BCUT2D eigenvalue weighted by Gasteiger charge is 2.26. The van der Waals surface area contributed by atoms with Crippen molar-refractivity contribution in [1.82, 2.24) is 29.5 Å². The Morgan fingerprint density at radius 3 is 1.72 bits per heavy atom. The number of nitrogens with one attached hydrogen (secondary N) is 2. The standard InChI is InChI=1S/C29H31N6P/c1-34-16-2-4-26(34)28-30-18-24(32-28)22-12-8-20(9-13-22)6-7-21-10-14-23(15-11-21)25-19-31-29(33-25)27-5-3-17-35(27)36/h8-15,18-19,26-27H,2-5,16-17,36H2,1H3,(H,30,32)(H,31,33)/t26-,27-/m0/s1. The summed E-state index contributed by atoms with van der Waals surface area (Å²) in [5.41, 5.74) is 6.35. The lowest BCUT2D eigenvalue weighted by Crippen LogP contribution is -2.18. The SMILES string of the molecule is CN1CCC[C@H]1c1ncc(-c2ccc(C#Cc3ccc(-c4cnc([C@@H]5CCCN5P)[nH]4)cc3)cc2)[nH]1. The van der Waals surface area contributed by atoms with Crippen LogP contribution in [0.4, 0.5) is 0 Å². The van der Waals surface area contributed by atoms with Crippen LogP contribution in [-0.2, 0) is 0 Å². The first-order valence-corrected chi connectivity index (χ1v) is 13.2. The Bertz CT molecular complexity index is 1290. The molecule has 0 aliphatic carbocycles. The minimum atomic E-state index is 0.365. The Labute approximate surface area is 214 Å². The Morgan fingerprint density at radius 2 is 1.25 bits per heavy atom. The highest BCUT2D eigenvalue weighted by atomic mass is 31.0. The van der Waals surface area contributed by atoms with Gasteiger partial charge in [0.05, 0.1) is 35.9 Å². The van der Waals surface area contributed by atoms with E-state index in [-0.39, 0.29) is 0 Å². The highest BCUT2D eigenvalue weighted by molar-refractivity contribution is 7.13. The van der Waals surface area contributed by atoms with E-state index in [2.05, 4.69) is 106 Å². The van der Waals surface area contributed by atoms with Crippen LogP contribution < -0.4 is 0 Å². The van der Waals surface area contributed by atoms with Crippen LogP contribution in [0.2, 0.25) is 0 Å². The van der Waals surface area contributed by atoms with Crippen molar-refractivity contribution in [2.45, 2.75) is 37.8 Å². The third kappa shape index (κ3) is 4.75. The predicted octanol–water partition coefficient (Wildman–Crippen LogP) is 5.56. The van der Waals surface area contributed by atoms with Crippen LogP contribution in [-0.4, -0.2) is 49.6 Å². The van der Waals surface area contributed by atoms with Gasteiger partial charge in [-0.3, -0.25) is 9.57 Å². The first-order chi connectivity index (χ1) is 17.6. The fraction of sp³-hybridized carbons (Fsp3) is 0.310. The zero-order chi connectivity index (χ0) is 24.5. The predicted molar refractivity (Wildman–Crippen MR) is 147 cm³/mol. The summed E-state index contributed by atoms with van der Waals surface area (Å²) in [7, 11) is 4.99. The van der Waals surface area contributed by atoms with Crippen LogP contribution in [0.1, 0.15) is 60.5 Å². The second-order valence-corrected chi connectivity index (χ2v) is 10.5. The van der Waals surface area contributed by atoms with Gasteiger partial charge in [-0.2, -0.15) is 0 Å². The fourth-order valence-corrected chi connectivity index (χ4v) is 5.73.